The number of esters is 1. The van der Waals surface area contributed by atoms with Crippen molar-refractivity contribution in [1.29, 1.82) is 0 Å². The van der Waals surface area contributed by atoms with Gasteiger partial charge in [-0.05, 0) is 54.8 Å². The van der Waals surface area contributed by atoms with Crippen molar-refractivity contribution >= 4 is 17.6 Å². The number of carbonyl (C=O) groups excluding carboxylic acids is 2. The third-order valence-corrected chi connectivity index (χ3v) is 6.93. The summed E-state index contributed by atoms with van der Waals surface area (Å²) in [6.45, 7) is 0. The second-order valence-electron chi connectivity index (χ2n) is 9.11. The molecule has 0 aliphatic carbocycles. The number of benzene rings is 3. The predicted octanol–water partition coefficient (Wildman–Crippen LogP) is 4.73. The Morgan fingerprint density at radius 1 is 0.946 bits per heavy atom. The van der Waals surface area contributed by atoms with E-state index >= 15 is 0 Å². The van der Waals surface area contributed by atoms with Gasteiger partial charge in [-0.25, -0.2) is 4.79 Å². The standard InChI is InChI=1S/C30H29NO6/c1-34-22-15-13-21(14-16-22)31-28(32)26-24-17-18-30(37-24,27(26)29(33)35-2)25(19-20-9-5-3-6-10-20)36-23-11-7-4-8-12-23/h3-16,24-25H,17-19H2,1-2H3,(H,31,32). The monoisotopic (exact) mass is 499 g/mol. The van der Waals surface area contributed by atoms with Crippen molar-refractivity contribution in [2.24, 2.45) is 0 Å². The lowest BCUT2D eigenvalue weighted by Gasteiger charge is -2.36. The van der Waals surface area contributed by atoms with Crippen molar-refractivity contribution in [2.75, 3.05) is 19.5 Å². The van der Waals surface area contributed by atoms with E-state index in [4.69, 9.17) is 18.9 Å². The van der Waals surface area contributed by atoms with Gasteiger partial charge in [0.1, 0.15) is 23.2 Å². The van der Waals surface area contributed by atoms with E-state index in [-0.39, 0.29) is 5.57 Å². The van der Waals surface area contributed by atoms with Crippen LogP contribution in [0.4, 0.5) is 5.69 Å². The number of ether oxygens (including phenoxy) is 4. The lowest BCUT2D eigenvalue weighted by molar-refractivity contribution is -0.140. The fourth-order valence-corrected chi connectivity index (χ4v) is 5.20. The van der Waals surface area contributed by atoms with Crippen LogP contribution in [-0.2, 0) is 25.5 Å². The highest BCUT2D eigenvalue weighted by molar-refractivity contribution is 6.11. The molecule has 7 nitrogen and oxygen atoms in total. The number of anilines is 1. The number of rotatable bonds is 9. The Balaban J connectivity index is 1.54. The second-order valence-corrected chi connectivity index (χ2v) is 9.11. The molecule has 5 rings (SSSR count). The molecule has 3 atom stereocenters. The number of hydrogen-bond acceptors (Lipinski definition) is 6. The minimum absolute atomic E-state index is 0.231. The van der Waals surface area contributed by atoms with E-state index in [0.29, 0.717) is 42.0 Å². The van der Waals surface area contributed by atoms with Crippen molar-refractivity contribution in [3.05, 3.63) is 102 Å². The molecule has 7 heteroatoms. The summed E-state index contributed by atoms with van der Waals surface area (Å²) in [5.41, 5.74) is 1.01. The van der Waals surface area contributed by atoms with E-state index in [9.17, 15) is 9.59 Å². The molecule has 0 spiro atoms. The minimum atomic E-state index is -1.13. The first-order valence-electron chi connectivity index (χ1n) is 12.3. The second kappa shape index (κ2) is 10.5. The van der Waals surface area contributed by atoms with Gasteiger partial charge >= 0.3 is 5.97 Å². The Morgan fingerprint density at radius 2 is 1.62 bits per heavy atom. The fraction of sp³-hybridized carbons (Fsp3) is 0.267. The summed E-state index contributed by atoms with van der Waals surface area (Å²) >= 11 is 0. The molecular formula is C30H29NO6. The smallest absolute Gasteiger partial charge is 0.337 e. The van der Waals surface area contributed by atoms with Crippen molar-refractivity contribution < 1.29 is 28.5 Å². The molecule has 0 radical (unpaired) electrons. The van der Waals surface area contributed by atoms with Gasteiger partial charge < -0.3 is 24.3 Å². The Bertz CT molecular complexity index is 1250. The van der Waals surface area contributed by atoms with Gasteiger partial charge in [-0.3, -0.25) is 4.79 Å². The van der Waals surface area contributed by atoms with E-state index in [0.717, 1.165) is 5.56 Å². The SMILES string of the molecule is COC(=O)C1=C(C(=O)Nc2ccc(OC)cc2)C2CCC1(C(Cc1ccccc1)Oc1ccccc1)O2. The Morgan fingerprint density at radius 3 is 2.27 bits per heavy atom. The number of nitrogens with one attached hydrogen (secondary N) is 1. The van der Waals surface area contributed by atoms with Gasteiger partial charge in [0.15, 0.2) is 0 Å². The molecule has 3 aromatic carbocycles. The molecule has 2 bridgehead atoms. The number of fused-ring (bicyclic) bond motifs is 2. The number of para-hydroxylation sites is 1. The van der Waals surface area contributed by atoms with E-state index in [1.165, 1.54) is 7.11 Å². The van der Waals surface area contributed by atoms with Crippen molar-refractivity contribution in [3.63, 3.8) is 0 Å². The summed E-state index contributed by atoms with van der Waals surface area (Å²) in [5, 5.41) is 2.90. The summed E-state index contributed by atoms with van der Waals surface area (Å²) in [6, 6.07) is 26.3. The van der Waals surface area contributed by atoms with Gasteiger partial charge in [0.25, 0.3) is 5.91 Å². The van der Waals surface area contributed by atoms with Gasteiger partial charge in [-0.15, -0.1) is 0 Å². The zero-order valence-corrected chi connectivity index (χ0v) is 20.8. The van der Waals surface area contributed by atoms with Crippen LogP contribution in [0.3, 0.4) is 0 Å². The van der Waals surface area contributed by atoms with Crippen molar-refractivity contribution in [3.8, 4) is 11.5 Å². The average molecular weight is 500 g/mol. The molecule has 2 aliphatic rings. The van der Waals surface area contributed by atoms with Crippen LogP contribution in [0.5, 0.6) is 11.5 Å². The van der Waals surface area contributed by atoms with E-state index in [1.54, 1.807) is 31.4 Å². The summed E-state index contributed by atoms with van der Waals surface area (Å²) in [4.78, 5) is 26.8. The summed E-state index contributed by atoms with van der Waals surface area (Å²) in [7, 11) is 2.90. The van der Waals surface area contributed by atoms with Gasteiger partial charge in [0.05, 0.1) is 31.5 Å². The Labute approximate surface area is 216 Å². The molecule has 2 heterocycles. The van der Waals surface area contributed by atoms with Gasteiger partial charge in [-0.2, -0.15) is 0 Å². The lowest BCUT2D eigenvalue weighted by atomic mass is 9.76. The molecule has 2 aliphatic heterocycles. The third-order valence-electron chi connectivity index (χ3n) is 6.93. The maximum Gasteiger partial charge on any atom is 0.337 e. The molecular weight excluding hydrogens is 470 g/mol. The Hall–Kier alpha value is -4.10. The average Bonchev–Trinajstić information content (AvgIpc) is 3.52. The van der Waals surface area contributed by atoms with Gasteiger partial charge in [0, 0.05) is 12.1 Å². The first-order chi connectivity index (χ1) is 18.0. The van der Waals surface area contributed by atoms with Crippen LogP contribution < -0.4 is 14.8 Å². The normalized spacial score (nSPS) is 20.9. The molecule has 1 amide bonds. The zero-order valence-electron chi connectivity index (χ0n) is 20.8. The molecule has 3 unspecified atom stereocenters. The topological polar surface area (TPSA) is 83.1 Å². The quantitative estimate of drug-likeness (QED) is 0.429. The molecule has 0 aromatic heterocycles. The van der Waals surface area contributed by atoms with E-state index < -0.39 is 29.7 Å². The number of methoxy groups -OCH3 is 2. The molecule has 3 aromatic rings. The minimum Gasteiger partial charge on any atom is -0.497 e. The van der Waals surface area contributed by atoms with Crippen LogP contribution >= 0.6 is 0 Å². The number of hydrogen-bond donors (Lipinski definition) is 1. The number of carbonyl (C=O) groups is 2. The zero-order chi connectivity index (χ0) is 25.8. The Kier molecular flexibility index (Phi) is 6.97. The highest BCUT2D eigenvalue weighted by Crippen LogP contribution is 2.51. The predicted molar refractivity (Wildman–Crippen MR) is 139 cm³/mol. The van der Waals surface area contributed by atoms with Crippen molar-refractivity contribution in [1.82, 2.24) is 0 Å². The summed E-state index contributed by atoms with van der Waals surface area (Å²) in [5.74, 6) is 0.355. The summed E-state index contributed by atoms with van der Waals surface area (Å²) in [6.07, 6.45) is 0.505. The molecule has 1 saturated heterocycles. The van der Waals surface area contributed by atoms with Crippen LogP contribution in [0.2, 0.25) is 0 Å². The molecule has 190 valence electrons. The summed E-state index contributed by atoms with van der Waals surface area (Å²) < 4.78 is 23.4. The van der Waals surface area contributed by atoms with E-state index in [2.05, 4.69) is 5.32 Å². The third kappa shape index (κ3) is 4.82. The molecule has 0 saturated carbocycles. The molecule has 37 heavy (non-hydrogen) atoms. The van der Waals surface area contributed by atoms with Crippen molar-refractivity contribution in [2.45, 2.75) is 37.1 Å². The van der Waals surface area contributed by atoms with Gasteiger partial charge in [-0.1, -0.05) is 48.5 Å². The van der Waals surface area contributed by atoms with Crippen LogP contribution in [0.15, 0.2) is 96.1 Å². The van der Waals surface area contributed by atoms with Crippen LogP contribution in [0.1, 0.15) is 18.4 Å². The van der Waals surface area contributed by atoms with Crippen LogP contribution in [0.25, 0.3) is 0 Å². The largest absolute Gasteiger partial charge is 0.497 e. The molecule has 1 fully saturated rings. The first kappa shape index (κ1) is 24.6. The highest BCUT2D eigenvalue weighted by Gasteiger charge is 2.61. The molecule has 1 N–H and O–H groups in total. The van der Waals surface area contributed by atoms with Crippen LogP contribution in [0, 0.1) is 0 Å². The van der Waals surface area contributed by atoms with E-state index in [1.807, 2.05) is 60.7 Å². The highest BCUT2D eigenvalue weighted by atomic mass is 16.6. The number of amides is 1. The van der Waals surface area contributed by atoms with Gasteiger partial charge in [0.2, 0.25) is 0 Å². The maximum absolute atomic E-state index is 13.5. The first-order valence-corrected chi connectivity index (χ1v) is 12.3. The fourth-order valence-electron chi connectivity index (χ4n) is 5.20. The maximum atomic E-state index is 13.5. The van der Waals surface area contributed by atoms with Crippen LogP contribution in [-0.4, -0.2) is 43.9 Å². The lowest BCUT2D eigenvalue weighted by Crippen LogP contribution is -2.49.